The molecule has 0 spiro atoms. The summed E-state index contributed by atoms with van der Waals surface area (Å²) in [5, 5.41) is 7.46. The first-order valence-electron chi connectivity index (χ1n) is 15.9. The Morgan fingerprint density at radius 2 is 1.83 bits per heavy atom. The first-order valence-corrected chi connectivity index (χ1v) is 16.2. The van der Waals surface area contributed by atoms with Crippen molar-refractivity contribution in [2.75, 3.05) is 19.7 Å². The van der Waals surface area contributed by atoms with Crippen LogP contribution in [0.2, 0.25) is 5.02 Å². The molecular weight excluding hydrogens is 652 g/mol. The van der Waals surface area contributed by atoms with Gasteiger partial charge in [-0.05, 0) is 68.6 Å². The van der Waals surface area contributed by atoms with Gasteiger partial charge in [-0.25, -0.2) is 22.5 Å². The Labute approximate surface area is 277 Å². The summed E-state index contributed by atoms with van der Waals surface area (Å²) < 4.78 is 76.7. The van der Waals surface area contributed by atoms with Gasteiger partial charge in [-0.1, -0.05) is 23.7 Å². The molecule has 2 fully saturated rings. The summed E-state index contributed by atoms with van der Waals surface area (Å²) in [6, 6.07) is 13.1. The standard InChI is InChI=1S/C34H31ClF4N6O3/c1-34(23-6-5-19(35)13-25(23)37)47-28-4-2-3-21(30(28)48-34)18-7-10-44(11-8-18)17-29-40-26-14-22(32-41-33(31(38)39)43-42-32)24(36)15-27(26)45(29)16-20-9-12-46-20/h2-6,13-15,18,20,31H,7-12,16-17H2,1H3,(H,41,42,43)/t20-,34?/m0/s1. The maximum Gasteiger partial charge on any atom is 0.297 e. The van der Waals surface area contributed by atoms with E-state index in [4.69, 9.17) is 30.8 Å². The molecule has 250 valence electrons. The van der Waals surface area contributed by atoms with Crippen molar-refractivity contribution in [1.29, 1.82) is 0 Å². The van der Waals surface area contributed by atoms with Crippen molar-refractivity contribution in [3.8, 4) is 22.9 Å². The number of para-hydroxylation sites is 1. The summed E-state index contributed by atoms with van der Waals surface area (Å²) in [7, 11) is 0. The molecule has 0 saturated carbocycles. The van der Waals surface area contributed by atoms with E-state index in [9.17, 15) is 13.2 Å². The number of hydrogen-bond donors (Lipinski definition) is 1. The number of piperidine rings is 1. The van der Waals surface area contributed by atoms with Crippen LogP contribution in [0, 0.1) is 11.6 Å². The number of nitrogens with one attached hydrogen (secondary N) is 1. The molecule has 1 N–H and O–H groups in total. The van der Waals surface area contributed by atoms with Crippen LogP contribution in [0.15, 0.2) is 48.5 Å². The molecule has 2 aromatic heterocycles. The minimum atomic E-state index is -2.85. The molecule has 5 heterocycles. The fourth-order valence-corrected chi connectivity index (χ4v) is 7.03. The molecule has 0 amide bonds. The van der Waals surface area contributed by atoms with Gasteiger partial charge in [0.05, 0.1) is 41.4 Å². The van der Waals surface area contributed by atoms with Crippen molar-refractivity contribution in [1.82, 2.24) is 29.6 Å². The van der Waals surface area contributed by atoms with Gasteiger partial charge >= 0.3 is 0 Å². The second-order valence-corrected chi connectivity index (χ2v) is 13.0. The number of aromatic amines is 1. The molecule has 9 nitrogen and oxygen atoms in total. The van der Waals surface area contributed by atoms with Gasteiger partial charge in [-0.15, -0.1) is 10.2 Å². The molecule has 2 saturated heterocycles. The Balaban J connectivity index is 1.01. The third-order valence-electron chi connectivity index (χ3n) is 9.49. The van der Waals surface area contributed by atoms with Gasteiger partial charge in [-0.3, -0.25) is 4.90 Å². The first-order chi connectivity index (χ1) is 23.1. The van der Waals surface area contributed by atoms with Crippen LogP contribution >= 0.6 is 11.6 Å². The molecule has 3 aromatic carbocycles. The van der Waals surface area contributed by atoms with Crippen LogP contribution in [-0.4, -0.2) is 55.4 Å². The van der Waals surface area contributed by atoms with Crippen LogP contribution in [0.3, 0.4) is 0 Å². The number of nitrogens with zero attached hydrogens (tertiary/aromatic N) is 5. The Bertz CT molecular complexity index is 2010. The monoisotopic (exact) mass is 682 g/mol. The molecule has 1 unspecified atom stereocenters. The van der Waals surface area contributed by atoms with Gasteiger partial charge in [0.1, 0.15) is 17.5 Å². The summed E-state index contributed by atoms with van der Waals surface area (Å²) in [6.45, 7) is 4.99. The predicted molar refractivity (Wildman–Crippen MR) is 168 cm³/mol. The van der Waals surface area contributed by atoms with Crippen molar-refractivity contribution < 1.29 is 31.8 Å². The summed E-state index contributed by atoms with van der Waals surface area (Å²) in [5.74, 6) is -0.984. The van der Waals surface area contributed by atoms with Crippen molar-refractivity contribution >= 4 is 22.6 Å². The fraction of sp³-hybridized carbons (Fsp3) is 0.382. The molecule has 2 atom stereocenters. The van der Waals surface area contributed by atoms with Crippen LogP contribution in [-0.2, 0) is 23.6 Å². The maximum absolute atomic E-state index is 15.4. The lowest BCUT2D eigenvalue weighted by Crippen LogP contribution is -2.35. The molecule has 14 heteroatoms. The van der Waals surface area contributed by atoms with Crippen molar-refractivity contribution in [2.45, 2.75) is 63.5 Å². The molecule has 3 aliphatic rings. The zero-order valence-corrected chi connectivity index (χ0v) is 26.6. The number of likely N-dealkylation sites (tertiary alicyclic amines) is 1. The van der Waals surface area contributed by atoms with Crippen molar-refractivity contribution in [2.24, 2.45) is 0 Å². The minimum absolute atomic E-state index is 0.00641. The summed E-state index contributed by atoms with van der Waals surface area (Å²) in [4.78, 5) is 9.60. The number of aromatic nitrogens is 5. The van der Waals surface area contributed by atoms with Crippen LogP contribution in [0.25, 0.3) is 22.4 Å². The van der Waals surface area contributed by atoms with E-state index in [1.54, 1.807) is 19.1 Å². The topological polar surface area (TPSA) is 90.3 Å². The number of fused-ring (bicyclic) bond motifs is 2. The quantitative estimate of drug-likeness (QED) is 0.170. The van der Waals surface area contributed by atoms with E-state index in [-0.39, 0.29) is 29.0 Å². The summed E-state index contributed by atoms with van der Waals surface area (Å²) in [5.41, 5.74) is 2.44. The lowest BCUT2D eigenvalue weighted by Gasteiger charge is -2.33. The number of hydrogen-bond acceptors (Lipinski definition) is 7. The molecule has 48 heavy (non-hydrogen) atoms. The Morgan fingerprint density at radius 3 is 2.54 bits per heavy atom. The van der Waals surface area contributed by atoms with Crippen LogP contribution < -0.4 is 9.47 Å². The maximum atomic E-state index is 15.4. The normalized spacial score (nSPS) is 21.4. The average Bonchev–Trinajstić information content (AvgIpc) is 3.74. The molecule has 0 bridgehead atoms. The Morgan fingerprint density at radius 1 is 1.02 bits per heavy atom. The van der Waals surface area contributed by atoms with Crippen LogP contribution in [0.1, 0.15) is 61.3 Å². The highest BCUT2D eigenvalue weighted by molar-refractivity contribution is 6.30. The van der Waals surface area contributed by atoms with Crippen LogP contribution in [0.5, 0.6) is 11.5 Å². The fourth-order valence-electron chi connectivity index (χ4n) is 6.87. The number of H-pyrrole nitrogens is 1. The van der Waals surface area contributed by atoms with Gasteiger partial charge in [-0.2, -0.15) is 0 Å². The third-order valence-corrected chi connectivity index (χ3v) is 9.72. The number of alkyl halides is 2. The van der Waals surface area contributed by atoms with E-state index < -0.39 is 29.7 Å². The molecule has 8 rings (SSSR count). The van der Waals surface area contributed by atoms with E-state index in [0.717, 1.165) is 43.7 Å². The smallest absolute Gasteiger partial charge is 0.297 e. The zero-order valence-electron chi connectivity index (χ0n) is 25.9. The van der Waals surface area contributed by atoms with E-state index in [1.807, 2.05) is 22.8 Å². The number of imidazole rings is 1. The number of halogens is 5. The number of ether oxygens (including phenoxy) is 3. The lowest BCUT2D eigenvalue weighted by atomic mass is 9.88. The third kappa shape index (κ3) is 5.57. The van der Waals surface area contributed by atoms with Gasteiger partial charge in [0, 0.05) is 30.2 Å². The molecular formula is C34H31ClF4N6O3. The Hall–Kier alpha value is -4.20. The second kappa shape index (κ2) is 12.0. The van der Waals surface area contributed by atoms with Crippen molar-refractivity contribution in [3.05, 3.63) is 88.0 Å². The zero-order chi connectivity index (χ0) is 33.2. The highest BCUT2D eigenvalue weighted by Gasteiger charge is 2.43. The van der Waals surface area contributed by atoms with Crippen LogP contribution in [0.4, 0.5) is 17.6 Å². The Kier molecular flexibility index (Phi) is 7.80. The molecule has 0 aliphatic carbocycles. The van der Waals surface area contributed by atoms with E-state index in [0.29, 0.717) is 47.3 Å². The molecule has 3 aliphatic heterocycles. The number of benzene rings is 3. The molecule has 0 radical (unpaired) electrons. The molecule has 5 aromatic rings. The van der Waals surface area contributed by atoms with Gasteiger partial charge < -0.3 is 23.8 Å². The van der Waals surface area contributed by atoms with E-state index in [2.05, 4.69) is 20.1 Å². The summed E-state index contributed by atoms with van der Waals surface area (Å²) in [6.07, 6.45) is -0.260. The lowest BCUT2D eigenvalue weighted by molar-refractivity contribution is -0.0712. The second-order valence-electron chi connectivity index (χ2n) is 12.6. The van der Waals surface area contributed by atoms with E-state index >= 15 is 4.39 Å². The van der Waals surface area contributed by atoms with Gasteiger partial charge in [0.25, 0.3) is 12.2 Å². The SMILES string of the molecule is CC1(c2ccc(Cl)cc2F)Oc2cccc(C3CCN(Cc4nc5cc(-c6nnc(C(F)F)[nH]6)c(F)cc5n4C[C@@H]4CCO4)CC3)c2O1. The average molecular weight is 683 g/mol. The number of rotatable bonds is 8. The predicted octanol–water partition coefficient (Wildman–Crippen LogP) is 7.50. The summed E-state index contributed by atoms with van der Waals surface area (Å²) >= 11 is 5.98. The first kappa shape index (κ1) is 31.1. The van der Waals surface area contributed by atoms with Crippen molar-refractivity contribution in [3.63, 3.8) is 0 Å². The van der Waals surface area contributed by atoms with Gasteiger partial charge in [0.2, 0.25) is 0 Å². The minimum Gasteiger partial charge on any atom is -0.444 e. The van der Waals surface area contributed by atoms with Gasteiger partial charge in [0.15, 0.2) is 23.1 Å². The van der Waals surface area contributed by atoms with E-state index in [1.165, 1.54) is 18.2 Å². The highest BCUT2D eigenvalue weighted by Crippen LogP contribution is 2.50. The highest BCUT2D eigenvalue weighted by atomic mass is 35.5. The largest absolute Gasteiger partial charge is 0.444 e.